The zero-order chi connectivity index (χ0) is 24.1. The van der Waals surface area contributed by atoms with Crippen molar-refractivity contribution in [1.29, 1.82) is 0 Å². The standard InChI is InChI=1S/C23H24ClF2N5O3/c1-15-21(28-29-31(15)18-5-7-19(8-6-18)34-23(25)26)22(32)27-14-20(30-9-11-33-12-10-30)16-3-2-4-17(24)13-16/h2-8,13,20,23H,9-12,14H2,1H3,(H,27,32). The van der Waals surface area contributed by atoms with Gasteiger partial charge in [-0.15, -0.1) is 5.10 Å². The Kier molecular flexibility index (Phi) is 7.71. The summed E-state index contributed by atoms with van der Waals surface area (Å²) in [6.45, 7) is 1.91. The van der Waals surface area contributed by atoms with E-state index in [0.29, 0.717) is 36.2 Å². The molecule has 1 N–H and O–H groups in total. The summed E-state index contributed by atoms with van der Waals surface area (Å²) in [5, 5.41) is 11.7. The number of ether oxygens (including phenoxy) is 2. The van der Waals surface area contributed by atoms with Crippen molar-refractivity contribution in [2.24, 2.45) is 0 Å². The van der Waals surface area contributed by atoms with Gasteiger partial charge in [0.15, 0.2) is 5.69 Å². The molecule has 1 atom stereocenters. The van der Waals surface area contributed by atoms with E-state index in [2.05, 4.69) is 25.3 Å². The summed E-state index contributed by atoms with van der Waals surface area (Å²) in [5.41, 5.74) is 2.27. The van der Waals surface area contributed by atoms with Crippen molar-refractivity contribution in [2.45, 2.75) is 19.6 Å². The van der Waals surface area contributed by atoms with Gasteiger partial charge in [-0.3, -0.25) is 9.69 Å². The number of hydrogen-bond acceptors (Lipinski definition) is 6. The first-order valence-electron chi connectivity index (χ1n) is 10.8. The van der Waals surface area contributed by atoms with Crippen LogP contribution in [-0.4, -0.2) is 65.3 Å². The van der Waals surface area contributed by atoms with Crippen LogP contribution in [0.3, 0.4) is 0 Å². The lowest BCUT2D eigenvalue weighted by atomic mass is 10.0. The molecule has 3 aromatic rings. The summed E-state index contributed by atoms with van der Waals surface area (Å²) in [7, 11) is 0. The molecular weight excluding hydrogens is 468 g/mol. The molecule has 2 aromatic carbocycles. The van der Waals surface area contributed by atoms with Crippen LogP contribution in [0.25, 0.3) is 5.69 Å². The molecule has 8 nitrogen and oxygen atoms in total. The van der Waals surface area contributed by atoms with Gasteiger partial charge in [-0.25, -0.2) is 4.68 Å². The van der Waals surface area contributed by atoms with Gasteiger partial charge in [-0.1, -0.05) is 28.9 Å². The molecule has 11 heteroatoms. The number of morpholine rings is 1. The van der Waals surface area contributed by atoms with E-state index in [0.717, 1.165) is 18.7 Å². The number of carbonyl (C=O) groups excluding carboxylic acids is 1. The maximum Gasteiger partial charge on any atom is 0.387 e. The fourth-order valence-electron chi connectivity index (χ4n) is 3.89. The number of nitrogens with one attached hydrogen (secondary N) is 1. The Morgan fingerprint density at radius 1 is 1.21 bits per heavy atom. The highest BCUT2D eigenvalue weighted by molar-refractivity contribution is 6.30. The quantitative estimate of drug-likeness (QED) is 0.518. The second-order valence-electron chi connectivity index (χ2n) is 7.74. The van der Waals surface area contributed by atoms with E-state index in [1.165, 1.54) is 16.8 Å². The van der Waals surface area contributed by atoms with Crippen molar-refractivity contribution < 1.29 is 23.0 Å². The van der Waals surface area contributed by atoms with E-state index in [1.807, 2.05) is 24.3 Å². The monoisotopic (exact) mass is 491 g/mol. The summed E-state index contributed by atoms with van der Waals surface area (Å²) < 4.78 is 36.0. The summed E-state index contributed by atoms with van der Waals surface area (Å²) in [6, 6.07) is 13.4. The van der Waals surface area contributed by atoms with E-state index in [4.69, 9.17) is 16.3 Å². The van der Waals surface area contributed by atoms with Gasteiger partial charge in [0.05, 0.1) is 30.6 Å². The van der Waals surface area contributed by atoms with Gasteiger partial charge in [0.2, 0.25) is 0 Å². The Morgan fingerprint density at radius 2 is 1.94 bits per heavy atom. The number of benzene rings is 2. The van der Waals surface area contributed by atoms with Gasteiger partial charge in [0.1, 0.15) is 5.75 Å². The Bertz CT molecular complexity index is 1120. The first-order valence-corrected chi connectivity index (χ1v) is 11.1. The number of rotatable bonds is 8. The van der Waals surface area contributed by atoms with E-state index < -0.39 is 6.61 Å². The van der Waals surface area contributed by atoms with Crippen LogP contribution in [0.5, 0.6) is 5.75 Å². The van der Waals surface area contributed by atoms with Crippen LogP contribution in [0.2, 0.25) is 5.02 Å². The van der Waals surface area contributed by atoms with Crippen LogP contribution in [0, 0.1) is 6.92 Å². The summed E-state index contributed by atoms with van der Waals surface area (Å²) in [5.74, 6) is -0.327. The molecule has 4 rings (SSSR count). The third-order valence-electron chi connectivity index (χ3n) is 5.59. The Labute approximate surface area is 200 Å². The second-order valence-corrected chi connectivity index (χ2v) is 8.17. The number of aromatic nitrogens is 3. The second kappa shape index (κ2) is 10.9. The van der Waals surface area contributed by atoms with Crippen molar-refractivity contribution in [3.8, 4) is 11.4 Å². The maximum atomic E-state index is 13.0. The van der Waals surface area contributed by atoms with Crippen LogP contribution >= 0.6 is 11.6 Å². The Morgan fingerprint density at radius 3 is 2.62 bits per heavy atom. The normalized spacial score (nSPS) is 15.3. The number of carbonyl (C=O) groups is 1. The van der Waals surface area contributed by atoms with Gasteiger partial charge < -0.3 is 14.8 Å². The van der Waals surface area contributed by atoms with Crippen LogP contribution in [0.15, 0.2) is 48.5 Å². The predicted molar refractivity (Wildman–Crippen MR) is 122 cm³/mol. The fraction of sp³-hybridized carbons (Fsp3) is 0.348. The first kappa shape index (κ1) is 24.1. The van der Waals surface area contributed by atoms with Crippen LogP contribution in [-0.2, 0) is 4.74 Å². The third kappa shape index (κ3) is 5.69. The smallest absolute Gasteiger partial charge is 0.387 e. The zero-order valence-corrected chi connectivity index (χ0v) is 19.2. The summed E-state index contributed by atoms with van der Waals surface area (Å²) in [6.07, 6.45) is 0. The summed E-state index contributed by atoms with van der Waals surface area (Å²) >= 11 is 6.21. The molecular formula is C23H24ClF2N5O3. The van der Waals surface area contributed by atoms with E-state index in [-0.39, 0.29) is 23.4 Å². The minimum absolute atomic E-state index is 0.0321. The van der Waals surface area contributed by atoms with Gasteiger partial charge >= 0.3 is 6.61 Å². The minimum Gasteiger partial charge on any atom is -0.435 e. The van der Waals surface area contributed by atoms with Gasteiger partial charge in [0, 0.05) is 24.7 Å². The van der Waals surface area contributed by atoms with E-state index in [1.54, 1.807) is 19.1 Å². The molecule has 1 aliphatic rings. The van der Waals surface area contributed by atoms with Crippen LogP contribution in [0.1, 0.15) is 27.8 Å². The number of nitrogens with zero attached hydrogens (tertiary/aromatic N) is 4. The maximum absolute atomic E-state index is 13.0. The molecule has 2 heterocycles. The molecule has 1 fully saturated rings. The molecule has 180 valence electrons. The lowest BCUT2D eigenvalue weighted by Crippen LogP contribution is -2.44. The van der Waals surface area contributed by atoms with E-state index in [9.17, 15) is 13.6 Å². The number of halogens is 3. The third-order valence-corrected chi connectivity index (χ3v) is 5.83. The largest absolute Gasteiger partial charge is 0.435 e. The minimum atomic E-state index is -2.90. The topological polar surface area (TPSA) is 81.5 Å². The molecule has 1 aliphatic heterocycles. The van der Waals surface area contributed by atoms with E-state index >= 15 is 0 Å². The molecule has 0 bridgehead atoms. The molecule has 1 saturated heterocycles. The molecule has 1 amide bonds. The summed E-state index contributed by atoms with van der Waals surface area (Å²) in [4.78, 5) is 15.2. The predicted octanol–water partition coefficient (Wildman–Crippen LogP) is 3.63. The molecule has 0 saturated carbocycles. The SMILES string of the molecule is Cc1c(C(=O)NCC(c2cccc(Cl)c2)N2CCOCC2)nnn1-c1ccc(OC(F)F)cc1. The molecule has 0 radical (unpaired) electrons. The van der Waals surface area contributed by atoms with Crippen molar-refractivity contribution in [3.05, 3.63) is 70.5 Å². The average molecular weight is 492 g/mol. The molecule has 34 heavy (non-hydrogen) atoms. The van der Waals surface area contributed by atoms with Crippen molar-refractivity contribution >= 4 is 17.5 Å². The van der Waals surface area contributed by atoms with Crippen LogP contribution in [0.4, 0.5) is 8.78 Å². The van der Waals surface area contributed by atoms with Gasteiger partial charge in [-0.05, 0) is 48.9 Å². The fourth-order valence-corrected chi connectivity index (χ4v) is 4.09. The van der Waals surface area contributed by atoms with Crippen molar-refractivity contribution in [3.63, 3.8) is 0 Å². The van der Waals surface area contributed by atoms with Crippen LogP contribution < -0.4 is 10.1 Å². The number of hydrogen-bond donors (Lipinski definition) is 1. The molecule has 0 aliphatic carbocycles. The van der Waals surface area contributed by atoms with Crippen molar-refractivity contribution in [1.82, 2.24) is 25.2 Å². The average Bonchev–Trinajstić information content (AvgIpc) is 3.21. The highest BCUT2D eigenvalue weighted by atomic mass is 35.5. The highest BCUT2D eigenvalue weighted by Crippen LogP contribution is 2.24. The first-order chi connectivity index (χ1) is 16.4. The van der Waals surface area contributed by atoms with Gasteiger partial charge in [0.25, 0.3) is 5.91 Å². The lowest BCUT2D eigenvalue weighted by molar-refractivity contribution is -0.0498. The lowest BCUT2D eigenvalue weighted by Gasteiger charge is -2.35. The van der Waals surface area contributed by atoms with Gasteiger partial charge in [-0.2, -0.15) is 8.78 Å². The zero-order valence-electron chi connectivity index (χ0n) is 18.5. The highest BCUT2D eigenvalue weighted by Gasteiger charge is 2.25. The number of amides is 1. The Hall–Kier alpha value is -3.08. The Balaban J connectivity index is 1.48. The molecule has 0 spiro atoms. The van der Waals surface area contributed by atoms with Crippen molar-refractivity contribution in [2.75, 3.05) is 32.8 Å². The number of alkyl halides is 2. The molecule has 1 aromatic heterocycles. The molecule has 1 unspecified atom stereocenters.